The Bertz CT molecular complexity index is 902. The van der Waals surface area contributed by atoms with Crippen LogP contribution >= 0.6 is 0 Å². The van der Waals surface area contributed by atoms with E-state index in [4.69, 9.17) is 0 Å². The van der Waals surface area contributed by atoms with E-state index in [9.17, 15) is 10.2 Å². The Kier molecular flexibility index (Phi) is 9.04. The molecule has 0 atom stereocenters. The summed E-state index contributed by atoms with van der Waals surface area (Å²) < 4.78 is 0. The molecule has 1 radical (unpaired) electrons. The molecule has 4 aromatic rings. The maximum atomic E-state index is 9.57. The van der Waals surface area contributed by atoms with Crippen molar-refractivity contribution in [1.29, 1.82) is 0 Å². The summed E-state index contributed by atoms with van der Waals surface area (Å²) in [4.78, 5) is 0. The first-order chi connectivity index (χ1) is 13.7. The fourth-order valence-electron chi connectivity index (χ4n) is 2.95. The van der Waals surface area contributed by atoms with Crippen LogP contribution in [-0.2, 0) is 29.9 Å². The van der Waals surface area contributed by atoms with Gasteiger partial charge < -0.3 is 10.2 Å². The summed E-state index contributed by atoms with van der Waals surface area (Å²) in [5.41, 5.74) is 4.38. The van der Waals surface area contributed by atoms with Gasteiger partial charge in [-0.1, -0.05) is 97.1 Å². The zero-order valence-corrected chi connectivity index (χ0v) is 16.9. The molecule has 0 aliphatic carbocycles. The van der Waals surface area contributed by atoms with E-state index in [0.29, 0.717) is 11.5 Å². The van der Waals surface area contributed by atoms with Crippen LogP contribution in [0.15, 0.2) is 109 Å². The van der Waals surface area contributed by atoms with Crippen LogP contribution in [0.1, 0.15) is 22.3 Å². The van der Waals surface area contributed by atoms with E-state index in [1.54, 1.807) is 12.1 Å². The van der Waals surface area contributed by atoms with Gasteiger partial charge in [-0.15, -0.1) is 0 Å². The number of phenolic OH excluding ortho intramolecular Hbond substituents is 2. The second-order valence-electron chi connectivity index (χ2n) is 6.58. The molecule has 4 aromatic carbocycles. The smallest absolute Gasteiger partial charge is 0.119 e. The van der Waals surface area contributed by atoms with Gasteiger partial charge in [-0.2, -0.15) is 0 Å². The SMILES string of the molecule is Oc1ccccc1Cc1ccccc1.Oc1ccccc1Cc1ccccc1.[Cu]. The predicted molar refractivity (Wildman–Crippen MR) is 115 cm³/mol. The maximum absolute atomic E-state index is 9.57. The molecule has 2 nitrogen and oxygen atoms in total. The second-order valence-corrected chi connectivity index (χ2v) is 6.58. The van der Waals surface area contributed by atoms with Gasteiger partial charge in [0.2, 0.25) is 0 Å². The zero-order valence-electron chi connectivity index (χ0n) is 16.0. The molecular weight excluding hydrogens is 408 g/mol. The van der Waals surface area contributed by atoms with Crippen molar-refractivity contribution in [3.05, 3.63) is 131 Å². The Morgan fingerprint density at radius 2 is 0.724 bits per heavy atom. The Balaban J connectivity index is 0.000000200. The molecule has 3 heteroatoms. The number of phenols is 2. The van der Waals surface area contributed by atoms with Crippen molar-refractivity contribution in [3.8, 4) is 11.5 Å². The third kappa shape index (κ3) is 7.15. The first-order valence-corrected chi connectivity index (χ1v) is 9.34. The molecule has 4 rings (SSSR count). The first-order valence-electron chi connectivity index (χ1n) is 9.34. The quantitative estimate of drug-likeness (QED) is 0.391. The molecule has 0 saturated carbocycles. The fraction of sp³-hybridized carbons (Fsp3) is 0.0769. The third-order valence-corrected chi connectivity index (χ3v) is 4.46. The first kappa shape index (κ1) is 22.3. The Labute approximate surface area is 183 Å². The second kappa shape index (κ2) is 11.8. The van der Waals surface area contributed by atoms with Gasteiger partial charge in [0.1, 0.15) is 11.5 Å². The number of aromatic hydroxyl groups is 2. The number of benzene rings is 4. The maximum Gasteiger partial charge on any atom is 0.119 e. The van der Waals surface area contributed by atoms with Gasteiger partial charge in [-0.3, -0.25) is 0 Å². The van der Waals surface area contributed by atoms with E-state index in [2.05, 4.69) is 24.3 Å². The third-order valence-electron chi connectivity index (χ3n) is 4.46. The minimum Gasteiger partial charge on any atom is -0.508 e. The van der Waals surface area contributed by atoms with E-state index >= 15 is 0 Å². The topological polar surface area (TPSA) is 40.5 Å². The molecule has 0 amide bonds. The van der Waals surface area contributed by atoms with Crippen LogP contribution in [0, 0.1) is 0 Å². The van der Waals surface area contributed by atoms with Gasteiger partial charge in [-0.05, 0) is 34.4 Å². The van der Waals surface area contributed by atoms with Crippen molar-refractivity contribution in [1.82, 2.24) is 0 Å². The van der Waals surface area contributed by atoms with Crippen LogP contribution in [0.2, 0.25) is 0 Å². The van der Waals surface area contributed by atoms with Gasteiger partial charge in [0, 0.05) is 29.9 Å². The zero-order chi connectivity index (χ0) is 19.6. The van der Waals surface area contributed by atoms with Crippen LogP contribution < -0.4 is 0 Å². The van der Waals surface area contributed by atoms with E-state index in [-0.39, 0.29) is 17.1 Å². The van der Waals surface area contributed by atoms with Crippen molar-refractivity contribution in [2.45, 2.75) is 12.8 Å². The average Bonchev–Trinajstić information content (AvgIpc) is 2.74. The van der Waals surface area contributed by atoms with Gasteiger partial charge >= 0.3 is 0 Å². The summed E-state index contributed by atoms with van der Waals surface area (Å²) in [6.45, 7) is 0. The minimum atomic E-state index is 0. The number of para-hydroxylation sites is 2. The fourth-order valence-corrected chi connectivity index (χ4v) is 2.95. The Morgan fingerprint density at radius 1 is 0.414 bits per heavy atom. The van der Waals surface area contributed by atoms with Crippen LogP contribution in [0.3, 0.4) is 0 Å². The minimum absolute atomic E-state index is 0. The monoisotopic (exact) mass is 431 g/mol. The molecule has 0 aliphatic heterocycles. The summed E-state index contributed by atoms with van der Waals surface area (Å²) in [7, 11) is 0. The predicted octanol–water partition coefficient (Wildman–Crippen LogP) is 5.96. The van der Waals surface area contributed by atoms with Gasteiger partial charge in [0.15, 0.2) is 0 Å². The van der Waals surface area contributed by atoms with Crippen molar-refractivity contribution >= 4 is 0 Å². The van der Waals surface area contributed by atoms with E-state index in [1.165, 1.54) is 11.1 Å². The molecule has 0 heterocycles. The van der Waals surface area contributed by atoms with Gasteiger partial charge in [0.05, 0.1) is 0 Å². The van der Waals surface area contributed by atoms with Crippen LogP contribution in [-0.4, -0.2) is 10.2 Å². The van der Waals surface area contributed by atoms with E-state index in [1.807, 2.05) is 72.8 Å². The molecule has 29 heavy (non-hydrogen) atoms. The summed E-state index contributed by atoms with van der Waals surface area (Å²) >= 11 is 0. The van der Waals surface area contributed by atoms with E-state index < -0.39 is 0 Å². The van der Waals surface area contributed by atoms with Crippen molar-refractivity contribution in [3.63, 3.8) is 0 Å². The van der Waals surface area contributed by atoms with Crippen molar-refractivity contribution in [2.75, 3.05) is 0 Å². The molecule has 0 aromatic heterocycles. The number of rotatable bonds is 4. The van der Waals surface area contributed by atoms with Gasteiger partial charge in [-0.25, -0.2) is 0 Å². The molecule has 0 unspecified atom stereocenters. The van der Waals surface area contributed by atoms with Crippen molar-refractivity contribution < 1.29 is 27.3 Å². The van der Waals surface area contributed by atoms with Crippen molar-refractivity contribution in [2.24, 2.45) is 0 Å². The Hall–Kier alpha value is -3.00. The molecule has 0 aliphatic rings. The summed E-state index contributed by atoms with van der Waals surface area (Å²) in [6.07, 6.45) is 1.57. The summed E-state index contributed by atoms with van der Waals surface area (Å²) in [5.74, 6) is 0.743. The summed E-state index contributed by atoms with van der Waals surface area (Å²) in [6, 6.07) is 35.2. The molecule has 0 saturated heterocycles. The van der Waals surface area contributed by atoms with Crippen LogP contribution in [0.25, 0.3) is 0 Å². The number of hydrogen-bond donors (Lipinski definition) is 2. The van der Waals surface area contributed by atoms with E-state index in [0.717, 1.165) is 24.0 Å². The Morgan fingerprint density at radius 3 is 1.07 bits per heavy atom. The van der Waals surface area contributed by atoms with Gasteiger partial charge in [0.25, 0.3) is 0 Å². The molecule has 0 spiro atoms. The molecule has 0 fully saturated rings. The normalized spacial score (nSPS) is 9.66. The molecule has 2 N–H and O–H groups in total. The molecular formula is C26H24CuO2. The summed E-state index contributed by atoms with van der Waals surface area (Å²) in [5, 5.41) is 19.1. The molecule has 151 valence electrons. The standard InChI is InChI=1S/2C13H12O.Cu/c2*14-13-9-5-4-8-12(13)10-11-6-2-1-3-7-11;/h2*1-9,14H,10H2;. The average molecular weight is 432 g/mol. The number of hydrogen-bond acceptors (Lipinski definition) is 2. The molecule has 0 bridgehead atoms. The van der Waals surface area contributed by atoms with Crippen LogP contribution in [0.4, 0.5) is 0 Å². The van der Waals surface area contributed by atoms with Crippen LogP contribution in [0.5, 0.6) is 11.5 Å². The largest absolute Gasteiger partial charge is 0.508 e.